The summed E-state index contributed by atoms with van der Waals surface area (Å²) in [5.74, 6) is -0.389. The highest BCUT2D eigenvalue weighted by Gasteiger charge is 2.33. The number of nitrogens with one attached hydrogen (secondary N) is 1. The van der Waals surface area contributed by atoms with E-state index in [9.17, 15) is 13.2 Å². The van der Waals surface area contributed by atoms with Crippen molar-refractivity contribution in [3.63, 3.8) is 0 Å². The van der Waals surface area contributed by atoms with Crippen LogP contribution in [0, 0.1) is 6.92 Å². The van der Waals surface area contributed by atoms with Crippen LogP contribution in [0.3, 0.4) is 0 Å². The van der Waals surface area contributed by atoms with Crippen molar-refractivity contribution in [2.45, 2.75) is 43.0 Å². The van der Waals surface area contributed by atoms with Crippen LogP contribution in [0.4, 0.5) is 0 Å². The Kier molecular flexibility index (Phi) is 5.44. The van der Waals surface area contributed by atoms with Crippen LogP contribution in [-0.2, 0) is 14.8 Å². The van der Waals surface area contributed by atoms with Crippen LogP contribution >= 0.6 is 0 Å². The maximum atomic E-state index is 13.0. The molecule has 2 atom stereocenters. The third kappa shape index (κ3) is 3.81. The van der Waals surface area contributed by atoms with Gasteiger partial charge in [0, 0.05) is 12.0 Å². The van der Waals surface area contributed by atoms with Crippen LogP contribution in [0.15, 0.2) is 53.4 Å². The predicted octanol–water partition coefficient (Wildman–Crippen LogP) is 3.40. The Morgan fingerprint density at radius 2 is 1.85 bits per heavy atom. The van der Waals surface area contributed by atoms with Gasteiger partial charge < -0.3 is 4.74 Å². The smallest absolute Gasteiger partial charge is 0.337 e. The summed E-state index contributed by atoms with van der Waals surface area (Å²) in [6.07, 6.45) is 2.74. The number of benzene rings is 2. The first-order valence-corrected chi connectivity index (χ1v) is 10.2. The van der Waals surface area contributed by atoms with E-state index in [1.165, 1.54) is 13.2 Å². The highest BCUT2D eigenvalue weighted by molar-refractivity contribution is 7.89. The van der Waals surface area contributed by atoms with Crippen molar-refractivity contribution in [3.8, 4) is 0 Å². The molecule has 5 nitrogen and oxygen atoms in total. The number of esters is 1. The lowest BCUT2D eigenvalue weighted by molar-refractivity contribution is 0.0600. The molecule has 0 radical (unpaired) electrons. The predicted molar refractivity (Wildman–Crippen MR) is 99.7 cm³/mol. The number of hydrogen-bond acceptors (Lipinski definition) is 4. The summed E-state index contributed by atoms with van der Waals surface area (Å²) in [7, 11) is -2.46. The molecule has 2 aromatic carbocycles. The molecule has 1 fully saturated rings. The molecule has 0 amide bonds. The molecule has 138 valence electrons. The van der Waals surface area contributed by atoms with E-state index in [4.69, 9.17) is 4.74 Å². The highest BCUT2D eigenvalue weighted by Crippen LogP contribution is 2.35. The quantitative estimate of drug-likeness (QED) is 0.816. The van der Waals surface area contributed by atoms with Crippen LogP contribution in [-0.4, -0.2) is 27.5 Å². The van der Waals surface area contributed by atoms with Gasteiger partial charge in [-0.1, -0.05) is 42.8 Å². The van der Waals surface area contributed by atoms with E-state index in [0.29, 0.717) is 5.56 Å². The van der Waals surface area contributed by atoms with Gasteiger partial charge in [-0.15, -0.1) is 0 Å². The summed E-state index contributed by atoms with van der Waals surface area (Å²) in [5.41, 5.74) is 1.97. The second kappa shape index (κ2) is 7.60. The normalized spacial score (nSPS) is 20.1. The van der Waals surface area contributed by atoms with E-state index >= 15 is 0 Å². The van der Waals surface area contributed by atoms with Gasteiger partial charge in [0.2, 0.25) is 10.0 Å². The maximum absolute atomic E-state index is 13.0. The molecule has 1 N–H and O–H groups in total. The largest absolute Gasteiger partial charge is 0.465 e. The average Bonchev–Trinajstić information content (AvgIpc) is 3.09. The lowest BCUT2D eigenvalue weighted by atomic mass is 9.95. The molecule has 2 aromatic rings. The van der Waals surface area contributed by atoms with E-state index in [-0.39, 0.29) is 22.4 Å². The van der Waals surface area contributed by atoms with Crippen LogP contribution in [0.2, 0.25) is 0 Å². The maximum Gasteiger partial charge on any atom is 0.337 e. The average molecular weight is 373 g/mol. The number of sulfonamides is 1. The monoisotopic (exact) mass is 373 g/mol. The lowest BCUT2D eigenvalue weighted by Gasteiger charge is -2.22. The summed E-state index contributed by atoms with van der Waals surface area (Å²) in [4.78, 5) is 11.9. The van der Waals surface area contributed by atoms with Crippen molar-refractivity contribution < 1.29 is 17.9 Å². The standard InChI is InChI=1S/C20H23NO4S/c1-14-11-12-16(20(22)25-2)13-19(14)26(23,24)21-18-10-6-9-17(18)15-7-4-3-5-8-15/h3-5,7-8,11-13,17-18,21H,6,9-10H2,1-2H3/t17-,18-/m1/s1. The van der Waals surface area contributed by atoms with Crippen LogP contribution in [0.25, 0.3) is 0 Å². The fourth-order valence-corrected chi connectivity index (χ4v) is 5.18. The number of methoxy groups -OCH3 is 1. The first-order valence-electron chi connectivity index (χ1n) is 8.68. The molecule has 1 saturated carbocycles. The molecule has 6 heteroatoms. The van der Waals surface area contributed by atoms with Crippen molar-refractivity contribution in [3.05, 3.63) is 65.2 Å². The van der Waals surface area contributed by atoms with Crippen LogP contribution < -0.4 is 4.72 Å². The minimum absolute atomic E-state index is 0.124. The van der Waals surface area contributed by atoms with Gasteiger partial charge in [0.25, 0.3) is 0 Å². The molecule has 0 aliphatic heterocycles. The Hall–Kier alpha value is -2.18. The van der Waals surface area contributed by atoms with E-state index in [1.54, 1.807) is 19.1 Å². The minimum Gasteiger partial charge on any atom is -0.465 e. The zero-order valence-corrected chi connectivity index (χ0v) is 15.8. The number of rotatable bonds is 5. The fourth-order valence-electron chi connectivity index (χ4n) is 3.60. The van der Waals surface area contributed by atoms with Gasteiger partial charge in [0.15, 0.2) is 0 Å². The van der Waals surface area contributed by atoms with Gasteiger partial charge in [-0.3, -0.25) is 0 Å². The number of carbonyl (C=O) groups is 1. The molecule has 1 aliphatic rings. The van der Waals surface area contributed by atoms with Crippen molar-refractivity contribution in [2.24, 2.45) is 0 Å². The molecule has 0 heterocycles. The SMILES string of the molecule is COC(=O)c1ccc(C)c(S(=O)(=O)N[C@@H]2CCC[C@@H]2c2ccccc2)c1. The van der Waals surface area contributed by atoms with E-state index < -0.39 is 16.0 Å². The third-order valence-electron chi connectivity index (χ3n) is 4.95. The lowest BCUT2D eigenvalue weighted by Crippen LogP contribution is -2.36. The number of ether oxygens (including phenoxy) is 1. The highest BCUT2D eigenvalue weighted by atomic mass is 32.2. The number of hydrogen-bond donors (Lipinski definition) is 1. The van der Waals surface area contributed by atoms with E-state index in [2.05, 4.69) is 4.72 Å². The Labute approximate surface area is 154 Å². The van der Waals surface area contributed by atoms with Crippen LogP contribution in [0.5, 0.6) is 0 Å². The first-order chi connectivity index (χ1) is 12.4. The van der Waals surface area contributed by atoms with E-state index in [0.717, 1.165) is 24.8 Å². The third-order valence-corrected chi connectivity index (χ3v) is 6.58. The second-order valence-electron chi connectivity index (χ2n) is 6.65. The topological polar surface area (TPSA) is 72.5 Å². The summed E-state index contributed by atoms with van der Waals surface area (Å²) in [5, 5.41) is 0. The molecule has 26 heavy (non-hydrogen) atoms. The Balaban J connectivity index is 1.88. The van der Waals surface area contributed by atoms with E-state index in [1.807, 2.05) is 30.3 Å². The van der Waals surface area contributed by atoms with Gasteiger partial charge >= 0.3 is 5.97 Å². The minimum atomic E-state index is -3.74. The summed E-state index contributed by atoms with van der Waals surface area (Å²) in [6, 6.07) is 14.4. The molecule has 0 saturated heterocycles. The molecule has 0 spiro atoms. The first kappa shape index (κ1) is 18.6. The molecule has 0 aromatic heterocycles. The van der Waals surface area contributed by atoms with Crippen molar-refractivity contribution in [2.75, 3.05) is 7.11 Å². The zero-order chi connectivity index (χ0) is 18.7. The van der Waals surface area contributed by atoms with Gasteiger partial charge in [-0.05, 0) is 43.0 Å². The molecule has 0 unspecified atom stereocenters. The Morgan fingerprint density at radius 3 is 2.54 bits per heavy atom. The van der Waals surface area contributed by atoms with Gasteiger partial charge in [-0.25, -0.2) is 17.9 Å². The van der Waals surface area contributed by atoms with Crippen molar-refractivity contribution in [1.29, 1.82) is 0 Å². The second-order valence-corrected chi connectivity index (χ2v) is 8.33. The summed E-state index contributed by atoms with van der Waals surface area (Å²) < 4.78 is 33.5. The van der Waals surface area contributed by atoms with Gasteiger partial charge in [-0.2, -0.15) is 0 Å². The molecule has 0 bridgehead atoms. The summed E-state index contributed by atoms with van der Waals surface area (Å²) >= 11 is 0. The molecule has 3 rings (SSSR count). The van der Waals surface area contributed by atoms with Crippen LogP contribution in [0.1, 0.15) is 46.7 Å². The van der Waals surface area contributed by atoms with Crippen molar-refractivity contribution in [1.82, 2.24) is 4.72 Å². The fraction of sp³-hybridized carbons (Fsp3) is 0.350. The van der Waals surface area contributed by atoms with Gasteiger partial charge in [0.1, 0.15) is 0 Å². The molecular weight excluding hydrogens is 350 g/mol. The molecular formula is C20H23NO4S. The Bertz CT molecular complexity index is 893. The molecule has 1 aliphatic carbocycles. The zero-order valence-electron chi connectivity index (χ0n) is 14.9. The summed E-state index contributed by atoms with van der Waals surface area (Å²) in [6.45, 7) is 1.72. The number of aryl methyl sites for hydroxylation is 1. The van der Waals surface area contributed by atoms with Crippen molar-refractivity contribution >= 4 is 16.0 Å². The Morgan fingerprint density at radius 1 is 1.12 bits per heavy atom. The number of carbonyl (C=O) groups excluding carboxylic acids is 1. The van der Waals surface area contributed by atoms with Gasteiger partial charge in [0.05, 0.1) is 17.6 Å².